The maximum absolute atomic E-state index is 12.1. The van der Waals surface area contributed by atoms with Crippen LogP contribution in [0.3, 0.4) is 0 Å². The van der Waals surface area contributed by atoms with Crippen molar-refractivity contribution in [1.82, 2.24) is 14.5 Å². The highest BCUT2D eigenvalue weighted by molar-refractivity contribution is 5.31. The monoisotopic (exact) mass is 264 g/mol. The summed E-state index contributed by atoms with van der Waals surface area (Å²) in [5.41, 5.74) is 0.137. The largest absolute Gasteiger partial charge is 0.364 e. The number of hydrogen-bond donors (Lipinski definition) is 1. The predicted octanol–water partition coefficient (Wildman–Crippen LogP) is 1.55. The quantitative estimate of drug-likeness (QED) is 0.876. The number of likely N-dealkylation sites (N-methyl/N-ethyl adjacent to an activating group) is 1. The van der Waals surface area contributed by atoms with Crippen LogP contribution in [0.25, 0.3) is 0 Å². The second-order valence-electron chi connectivity index (χ2n) is 5.55. The first-order chi connectivity index (χ1) is 9.09. The fraction of sp³-hybridized carbons (Fsp3) is 0.714. The van der Waals surface area contributed by atoms with Crippen LogP contribution in [0.5, 0.6) is 0 Å². The van der Waals surface area contributed by atoms with E-state index < -0.39 is 0 Å². The molecule has 0 radical (unpaired) electrons. The van der Waals surface area contributed by atoms with E-state index in [1.54, 1.807) is 17.0 Å². The van der Waals surface area contributed by atoms with Crippen LogP contribution in [-0.2, 0) is 6.54 Å². The van der Waals surface area contributed by atoms with Crippen LogP contribution in [0.1, 0.15) is 32.6 Å². The van der Waals surface area contributed by atoms with Gasteiger partial charge in [-0.05, 0) is 33.9 Å². The summed E-state index contributed by atoms with van der Waals surface area (Å²) in [7, 11) is 4.24. The Morgan fingerprint density at radius 1 is 1.42 bits per heavy atom. The fourth-order valence-electron chi connectivity index (χ4n) is 2.88. The average Bonchev–Trinajstić information content (AvgIpc) is 2.88. The molecule has 5 nitrogen and oxygen atoms in total. The van der Waals surface area contributed by atoms with Crippen LogP contribution >= 0.6 is 0 Å². The first-order valence-electron chi connectivity index (χ1n) is 7.06. The van der Waals surface area contributed by atoms with Crippen molar-refractivity contribution in [2.45, 2.75) is 44.7 Å². The van der Waals surface area contributed by atoms with Crippen LogP contribution in [0, 0.1) is 0 Å². The molecule has 1 aromatic heterocycles. The molecule has 1 heterocycles. The van der Waals surface area contributed by atoms with Gasteiger partial charge < -0.3 is 14.8 Å². The summed E-state index contributed by atoms with van der Waals surface area (Å²) >= 11 is 0. The van der Waals surface area contributed by atoms with Gasteiger partial charge in [-0.2, -0.15) is 0 Å². The van der Waals surface area contributed by atoms with Crippen molar-refractivity contribution in [2.75, 3.05) is 26.0 Å². The fourth-order valence-corrected chi connectivity index (χ4v) is 2.88. The third-order valence-corrected chi connectivity index (χ3v) is 4.32. The van der Waals surface area contributed by atoms with E-state index in [2.05, 4.69) is 29.3 Å². The molecule has 2 rings (SSSR count). The van der Waals surface area contributed by atoms with Gasteiger partial charge in [-0.15, -0.1) is 0 Å². The van der Waals surface area contributed by atoms with E-state index in [-0.39, 0.29) is 11.1 Å². The van der Waals surface area contributed by atoms with Gasteiger partial charge in [-0.1, -0.05) is 12.8 Å². The van der Waals surface area contributed by atoms with Gasteiger partial charge in [0.1, 0.15) is 0 Å². The smallest absolute Gasteiger partial charge is 0.293 e. The van der Waals surface area contributed by atoms with Gasteiger partial charge in [0.05, 0.1) is 0 Å². The first-order valence-corrected chi connectivity index (χ1v) is 7.06. The Morgan fingerprint density at radius 3 is 2.68 bits per heavy atom. The molecule has 1 aliphatic carbocycles. The highest BCUT2D eigenvalue weighted by atomic mass is 16.1. The molecule has 0 amide bonds. The third kappa shape index (κ3) is 2.81. The lowest BCUT2D eigenvalue weighted by atomic mass is 9.96. The standard InChI is InChI=1S/C14H24N4O/c1-4-18-10-9-15-12(13(18)19)16-11-14(17(2)3)7-5-6-8-14/h9-10H,4-8,11H2,1-3H3,(H,15,16). The molecule has 0 bridgehead atoms. The van der Waals surface area contributed by atoms with Gasteiger partial charge in [0.25, 0.3) is 5.56 Å². The van der Waals surface area contributed by atoms with E-state index in [1.165, 1.54) is 25.7 Å². The Morgan fingerprint density at radius 2 is 2.11 bits per heavy atom. The summed E-state index contributed by atoms with van der Waals surface area (Å²) in [5.74, 6) is 0.470. The average molecular weight is 264 g/mol. The minimum Gasteiger partial charge on any atom is -0.364 e. The van der Waals surface area contributed by atoms with Gasteiger partial charge >= 0.3 is 0 Å². The zero-order valence-corrected chi connectivity index (χ0v) is 12.1. The highest BCUT2D eigenvalue weighted by Crippen LogP contribution is 2.33. The van der Waals surface area contributed by atoms with Gasteiger partial charge in [-0.25, -0.2) is 4.98 Å². The minimum absolute atomic E-state index is 0.0306. The molecule has 106 valence electrons. The van der Waals surface area contributed by atoms with Crippen LogP contribution in [0.4, 0.5) is 5.82 Å². The summed E-state index contributed by atoms with van der Waals surface area (Å²) in [5, 5.41) is 3.27. The normalized spacial score (nSPS) is 17.9. The van der Waals surface area contributed by atoms with Crippen molar-refractivity contribution in [3.05, 3.63) is 22.7 Å². The number of nitrogens with zero attached hydrogens (tertiary/aromatic N) is 3. The molecule has 0 aromatic carbocycles. The zero-order chi connectivity index (χ0) is 13.9. The van der Waals surface area contributed by atoms with Crippen LogP contribution in [0.15, 0.2) is 17.2 Å². The SMILES string of the molecule is CCn1ccnc(NCC2(N(C)C)CCCC2)c1=O. The van der Waals surface area contributed by atoms with Crippen molar-refractivity contribution >= 4 is 5.82 Å². The van der Waals surface area contributed by atoms with E-state index in [4.69, 9.17) is 0 Å². The van der Waals surface area contributed by atoms with Crippen LogP contribution in [-0.4, -0.2) is 40.6 Å². The molecule has 1 aromatic rings. The molecule has 5 heteroatoms. The topological polar surface area (TPSA) is 50.2 Å². The van der Waals surface area contributed by atoms with Crippen molar-refractivity contribution < 1.29 is 0 Å². The maximum atomic E-state index is 12.1. The summed E-state index contributed by atoms with van der Waals surface area (Å²) in [6.45, 7) is 3.42. The maximum Gasteiger partial charge on any atom is 0.293 e. The lowest BCUT2D eigenvalue weighted by Crippen LogP contribution is -2.48. The molecule has 0 aliphatic heterocycles. The Kier molecular flexibility index (Phi) is 4.24. The molecular formula is C14H24N4O. The minimum atomic E-state index is -0.0306. The number of aryl methyl sites for hydroxylation is 1. The van der Waals surface area contributed by atoms with Gasteiger partial charge in [-0.3, -0.25) is 4.79 Å². The molecule has 0 atom stereocenters. The van der Waals surface area contributed by atoms with Crippen molar-refractivity contribution in [2.24, 2.45) is 0 Å². The summed E-state index contributed by atoms with van der Waals surface area (Å²) in [4.78, 5) is 18.6. The van der Waals surface area contributed by atoms with E-state index >= 15 is 0 Å². The van der Waals surface area contributed by atoms with Gasteiger partial charge in [0, 0.05) is 31.0 Å². The number of rotatable bonds is 5. The molecule has 0 unspecified atom stereocenters. The summed E-state index contributed by atoms with van der Waals surface area (Å²) in [6, 6.07) is 0. The van der Waals surface area contributed by atoms with E-state index in [1.807, 2.05) is 6.92 Å². The third-order valence-electron chi connectivity index (χ3n) is 4.32. The summed E-state index contributed by atoms with van der Waals surface area (Å²) < 4.78 is 1.67. The molecule has 1 saturated carbocycles. The zero-order valence-electron chi connectivity index (χ0n) is 12.1. The Labute approximate surface area is 114 Å². The van der Waals surface area contributed by atoms with Crippen molar-refractivity contribution in [3.8, 4) is 0 Å². The molecule has 19 heavy (non-hydrogen) atoms. The first kappa shape index (κ1) is 14.1. The number of nitrogens with one attached hydrogen (secondary N) is 1. The highest BCUT2D eigenvalue weighted by Gasteiger charge is 2.35. The molecule has 1 fully saturated rings. The second-order valence-corrected chi connectivity index (χ2v) is 5.55. The second kappa shape index (κ2) is 5.74. The molecule has 1 aliphatic rings. The number of aromatic nitrogens is 2. The predicted molar refractivity (Wildman–Crippen MR) is 77.5 cm³/mol. The van der Waals surface area contributed by atoms with Crippen LogP contribution < -0.4 is 10.9 Å². The van der Waals surface area contributed by atoms with E-state index in [0.29, 0.717) is 12.4 Å². The summed E-state index contributed by atoms with van der Waals surface area (Å²) in [6.07, 6.45) is 8.31. The molecule has 0 saturated heterocycles. The van der Waals surface area contributed by atoms with E-state index in [0.717, 1.165) is 6.54 Å². The Bertz CT molecular complexity index is 475. The molecular weight excluding hydrogens is 240 g/mol. The molecule has 0 spiro atoms. The number of anilines is 1. The van der Waals surface area contributed by atoms with Crippen molar-refractivity contribution in [1.29, 1.82) is 0 Å². The number of hydrogen-bond acceptors (Lipinski definition) is 4. The lowest BCUT2D eigenvalue weighted by Gasteiger charge is -2.36. The lowest BCUT2D eigenvalue weighted by molar-refractivity contribution is 0.172. The van der Waals surface area contributed by atoms with Crippen LogP contribution in [0.2, 0.25) is 0 Å². The van der Waals surface area contributed by atoms with Gasteiger partial charge in [0.15, 0.2) is 5.82 Å². The Hall–Kier alpha value is -1.36. The molecule has 1 N–H and O–H groups in total. The van der Waals surface area contributed by atoms with E-state index in [9.17, 15) is 4.79 Å². The Balaban J connectivity index is 2.12. The van der Waals surface area contributed by atoms with Gasteiger partial charge in [0.2, 0.25) is 0 Å². The van der Waals surface area contributed by atoms with Crippen molar-refractivity contribution in [3.63, 3.8) is 0 Å².